The maximum Gasteiger partial charge on any atom is 0.257 e. The second kappa shape index (κ2) is 8.68. The van der Waals surface area contributed by atoms with Gasteiger partial charge in [0.1, 0.15) is 11.9 Å². The summed E-state index contributed by atoms with van der Waals surface area (Å²) >= 11 is 5.34. The van der Waals surface area contributed by atoms with Crippen LogP contribution >= 0.6 is 12.2 Å². The Hall–Kier alpha value is -3.53. The molecule has 0 unspecified atom stereocenters. The lowest BCUT2D eigenvalue weighted by Gasteiger charge is -2.12. The average molecular weight is 439 g/mol. The Morgan fingerprint density at radius 1 is 1.26 bits per heavy atom. The second-order valence-corrected chi connectivity index (χ2v) is 7.34. The summed E-state index contributed by atoms with van der Waals surface area (Å²) in [6.45, 7) is 0.340. The molecule has 0 radical (unpaired) electrons. The lowest BCUT2D eigenvalue weighted by atomic mass is 10.1. The third-order valence-corrected chi connectivity index (χ3v) is 5.34. The molecule has 0 saturated carbocycles. The van der Waals surface area contributed by atoms with E-state index in [1.807, 2.05) is 18.2 Å². The van der Waals surface area contributed by atoms with Crippen LogP contribution < -0.4 is 20.1 Å². The fraction of sp³-hybridized carbons (Fsp3) is 0.286. The van der Waals surface area contributed by atoms with Crippen molar-refractivity contribution in [2.75, 3.05) is 19.5 Å². The first-order valence-corrected chi connectivity index (χ1v) is 10.1. The van der Waals surface area contributed by atoms with Crippen LogP contribution in [-0.2, 0) is 11.3 Å². The number of nitrogens with zero attached hydrogens (tertiary/aromatic N) is 3. The molecule has 1 aromatic carbocycles. The van der Waals surface area contributed by atoms with E-state index >= 15 is 0 Å². The van der Waals surface area contributed by atoms with Crippen molar-refractivity contribution in [3.63, 3.8) is 0 Å². The van der Waals surface area contributed by atoms with Crippen LogP contribution in [0.15, 0.2) is 36.5 Å². The van der Waals surface area contributed by atoms with Crippen LogP contribution in [0.2, 0.25) is 0 Å². The monoisotopic (exact) mass is 439 g/mol. The zero-order valence-electron chi connectivity index (χ0n) is 17.0. The number of anilines is 1. The maximum atomic E-state index is 12.9. The van der Waals surface area contributed by atoms with E-state index in [2.05, 4.69) is 20.6 Å². The van der Waals surface area contributed by atoms with Gasteiger partial charge in [-0.3, -0.25) is 14.6 Å². The molecular weight excluding hydrogens is 418 g/mol. The Labute approximate surface area is 183 Å². The van der Waals surface area contributed by atoms with Gasteiger partial charge in [0.2, 0.25) is 10.7 Å². The van der Waals surface area contributed by atoms with Crippen LogP contribution in [0.5, 0.6) is 11.5 Å². The van der Waals surface area contributed by atoms with Crippen molar-refractivity contribution in [1.29, 1.82) is 0 Å². The van der Waals surface area contributed by atoms with Gasteiger partial charge in [-0.1, -0.05) is 6.07 Å². The number of methoxy groups -OCH3 is 2. The number of fused-ring (bicyclic) bond motifs is 3. The van der Waals surface area contributed by atoms with Crippen LogP contribution in [0.4, 0.5) is 5.82 Å². The molecule has 4 rings (SSSR count). The quantitative estimate of drug-likeness (QED) is 0.541. The third-order valence-electron chi connectivity index (χ3n) is 5.07. The molecule has 31 heavy (non-hydrogen) atoms. The molecule has 1 atom stereocenters. The van der Waals surface area contributed by atoms with Crippen LogP contribution in [0.3, 0.4) is 0 Å². The molecule has 0 spiro atoms. The number of carbonyl (C=O) groups excluding carboxylic acids is 2. The Morgan fingerprint density at radius 2 is 2.03 bits per heavy atom. The first-order valence-electron chi connectivity index (χ1n) is 9.68. The summed E-state index contributed by atoms with van der Waals surface area (Å²) < 4.78 is 12.2. The fourth-order valence-corrected chi connectivity index (χ4v) is 3.78. The van der Waals surface area contributed by atoms with Crippen LogP contribution in [0, 0.1) is 4.77 Å². The highest BCUT2D eigenvalue weighted by Crippen LogP contribution is 2.36. The van der Waals surface area contributed by atoms with Crippen molar-refractivity contribution in [3.8, 4) is 11.5 Å². The number of ether oxygens (including phenoxy) is 2. The number of hydrogen-bond acceptors (Lipinski definition) is 8. The maximum absolute atomic E-state index is 12.9. The molecular formula is C21H21N5O4S. The second-order valence-electron chi connectivity index (χ2n) is 6.97. The largest absolute Gasteiger partial charge is 0.493 e. The molecule has 1 aliphatic rings. The summed E-state index contributed by atoms with van der Waals surface area (Å²) in [4.78, 5) is 33.7. The Bertz CT molecular complexity index is 1210. The van der Waals surface area contributed by atoms with Crippen molar-refractivity contribution < 1.29 is 19.1 Å². The SMILES string of the molecule is COc1cc2nc(=S)n3c(c2cc1OC)N[C@H](CCC(=O)NCc1ccccn1)C3=O. The van der Waals surface area contributed by atoms with Gasteiger partial charge in [0.15, 0.2) is 11.5 Å². The zero-order chi connectivity index (χ0) is 22.0. The van der Waals surface area contributed by atoms with Gasteiger partial charge in [-0.2, -0.15) is 0 Å². The molecule has 160 valence electrons. The molecule has 0 fully saturated rings. The molecule has 9 nitrogen and oxygen atoms in total. The van der Waals surface area contributed by atoms with E-state index in [9.17, 15) is 9.59 Å². The summed E-state index contributed by atoms with van der Waals surface area (Å²) in [6, 6.07) is 8.40. The number of hydrogen-bond donors (Lipinski definition) is 2. The minimum Gasteiger partial charge on any atom is -0.493 e. The number of carbonyl (C=O) groups is 2. The minimum absolute atomic E-state index is 0.148. The van der Waals surface area contributed by atoms with Gasteiger partial charge in [-0.05, 0) is 36.8 Å². The number of amides is 1. The minimum atomic E-state index is -0.581. The Balaban J connectivity index is 1.50. The van der Waals surface area contributed by atoms with E-state index in [0.717, 1.165) is 5.69 Å². The Morgan fingerprint density at radius 3 is 2.74 bits per heavy atom. The van der Waals surface area contributed by atoms with Gasteiger partial charge in [0, 0.05) is 24.1 Å². The fourth-order valence-electron chi connectivity index (χ4n) is 3.50. The van der Waals surface area contributed by atoms with Crippen molar-refractivity contribution in [1.82, 2.24) is 19.9 Å². The highest BCUT2D eigenvalue weighted by Gasteiger charge is 2.32. The zero-order valence-corrected chi connectivity index (χ0v) is 17.9. The van der Waals surface area contributed by atoms with Gasteiger partial charge in [0.25, 0.3) is 5.91 Å². The van der Waals surface area contributed by atoms with Gasteiger partial charge in [-0.25, -0.2) is 9.55 Å². The highest BCUT2D eigenvalue weighted by molar-refractivity contribution is 7.71. The average Bonchev–Trinajstić information content (AvgIpc) is 3.13. The van der Waals surface area contributed by atoms with Crippen molar-refractivity contribution in [3.05, 3.63) is 47.0 Å². The van der Waals surface area contributed by atoms with E-state index in [1.54, 1.807) is 18.3 Å². The molecule has 2 N–H and O–H groups in total. The predicted molar refractivity (Wildman–Crippen MR) is 117 cm³/mol. The highest BCUT2D eigenvalue weighted by atomic mass is 32.1. The van der Waals surface area contributed by atoms with Crippen molar-refractivity contribution in [2.45, 2.75) is 25.4 Å². The molecule has 0 aliphatic carbocycles. The number of aromatic nitrogens is 3. The van der Waals surface area contributed by atoms with E-state index < -0.39 is 6.04 Å². The van der Waals surface area contributed by atoms with Gasteiger partial charge in [-0.15, -0.1) is 0 Å². The first kappa shape index (κ1) is 20.7. The summed E-state index contributed by atoms with van der Waals surface area (Å²) in [5, 5.41) is 6.70. The first-order chi connectivity index (χ1) is 15.0. The standard InChI is InChI=1S/C21H21N5O4S/c1-29-16-9-13-15(10-17(16)30-2)25-21(31)26-19(13)24-14(20(26)28)6-7-18(27)23-11-12-5-3-4-8-22-12/h3-5,8-10,14,24H,6-7,11H2,1-2H3,(H,23,27)/t14-/m1/s1. The summed E-state index contributed by atoms with van der Waals surface area (Å²) in [7, 11) is 3.08. The van der Waals surface area contributed by atoms with Crippen LogP contribution in [0.25, 0.3) is 10.9 Å². The van der Waals surface area contributed by atoms with Gasteiger partial charge >= 0.3 is 0 Å². The third kappa shape index (κ3) is 4.06. The molecule has 0 bridgehead atoms. The van der Waals surface area contributed by atoms with E-state index in [0.29, 0.717) is 41.2 Å². The number of pyridine rings is 1. The lowest BCUT2D eigenvalue weighted by Crippen LogP contribution is -2.29. The number of benzene rings is 1. The molecule has 3 aromatic rings. The van der Waals surface area contributed by atoms with E-state index in [4.69, 9.17) is 21.7 Å². The van der Waals surface area contributed by atoms with Crippen LogP contribution in [-0.4, -0.2) is 46.6 Å². The smallest absolute Gasteiger partial charge is 0.257 e. The molecule has 10 heteroatoms. The molecule has 1 amide bonds. The number of rotatable bonds is 7. The van der Waals surface area contributed by atoms with E-state index in [-0.39, 0.29) is 23.0 Å². The predicted octanol–water partition coefficient (Wildman–Crippen LogP) is 2.71. The van der Waals surface area contributed by atoms with Gasteiger partial charge in [0.05, 0.1) is 32.0 Å². The van der Waals surface area contributed by atoms with Crippen molar-refractivity contribution in [2.24, 2.45) is 0 Å². The molecule has 1 aliphatic heterocycles. The van der Waals surface area contributed by atoms with Gasteiger partial charge < -0.3 is 20.1 Å². The lowest BCUT2D eigenvalue weighted by molar-refractivity contribution is -0.121. The molecule has 2 aromatic heterocycles. The molecule has 0 saturated heterocycles. The topological polar surface area (TPSA) is 107 Å². The summed E-state index contributed by atoms with van der Waals surface area (Å²) in [5.74, 6) is 1.19. The Kier molecular flexibility index (Phi) is 5.81. The number of nitrogens with one attached hydrogen (secondary N) is 2. The van der Waals surface area contributed by atoms with E-state index in [1.165, 1.54) is 18.8 Å². The van der Waals surface area contributed by atoms with Crippen molar-refractivity contribution >= 4 is 40.8 Å². The normalized spacial score (nSPS) is 14.8. The van der Waals surface area contributed by atoms with Crippen LogP contribution in [0.1, 0.15) is 23.3 Å². The molecule has 3 heterocycles. The summed E-state index contributed by atoms with van der Waals surface area (Å²) in [5.41, 5.74) is 1.36. The summed E-state index contributed by atoms with van der Waals surface area (Å²) in [6.07, 6.45) is 2.17.